The van der Waals surface area contributed by atoms with E-state index in [-0.39, 0.29) is 5.54 Å². The van der Waals surface area contributed by atoms with E-state index in [2.05, 4.69) is 24.8 Å². The topological polar surface area (TPSA) is 29.5 Å². The maximum atomic E-state index is 11.6. The van der Waals surface area contributed by atoms with Gasteiger partial charge in [-0.2, -0.15) is 0 Å². The van der Waals surface area contributed by atoms with E-state index >= 15 is 0 Å². The summed E-state index contributed by atoms with van der Waals surface area (Å²) in [5.41, 5.74) is 0.958. The number of para-hydroxylation sites is 2. The SMILES string of the molecule is CCOc1ccccc1N1CCC(=O)CC1(C)C. The molecule has 0 spiro atoms. The first kappa shape index (κ1) is 12.9. The summed E-state index contributed by atoms with van der Waals surface area (Å²) in [6.07, 6.45) is 1.23. The summed E-state index contributed by atoms with van der Waals surface area (Å²) < 4.78 is 5.68. The van der Waals surface area contributed by atoms with Crippen LogP contribution >= 0.6 is 0 Å². The molecule has 18 heavy (non-hydrogen) atoms. The van der Waals surface area contributed by atoms with Gasteiger partial charge < -0.3 is 9.64 Å². The summed E-state index contributed by atoms with van der Waals surface area (Å²) in [7, 11) is 0. The Kier molecular flexibility index (Phi) is 3.60. The van der Waals surface area contributed by atoms with Crippen LogP contribution in [0.4, 0.5) is 5.69 Å². The minimum absolute atomic E-state index is 0.136. The molecule has 0 radical (unpaired) electrons. The molecular weight excluding hydrogens is 226 g/mol. The highest BCUT2D eigenvalue weighted by Crippen LogP contribution is 2.36. The Bertz CT molecular complexity index is 440. The molecule has 1 fully saturated rings. The average Bonchev–Trinajstić information content (AvgIpc) is 2.29. The minimum Gasteiger partial charge on any atom is -0.492 e. The molecule has 1 aromatic rings. The number of rotatable bonds is 3. The number of piperidine rings is 1. The molecule has 1 heterocycles. The van der Waals surface area contributed by atoms with Gasteiger partial charge in [0.2, 0.25) is 0 Å². The Hall–Kier alpha value is -1.51. The molecule has 0 unspecified atom stereocenters. The first-order valence-electron chi connectivity index (χ1n) is 6.56. The van der Waals surface area contributed by atoms with Crippen molar-refractivity contribution in [3.05, 3.63) is 24.3 Å². The number of carbonyl (C=O) groups is 1. The number of ether oxygens (including phenoxy) is 1. The van der Waals surface area contributed by atoms with Crippen LogP contribution in [0, 0.1) is 0 Å². The second-order valence-electron chi connectivity index (χ2n) is 5.33. The molecule has 3 nitrogen and oxygen atoms in total. The van der Waals surface area contributed by atoms with Gasteiger partial charge in [-0.25, -0.2) is 0 Å². The summed E-state index contributed by atoms with van der Waals surface area (Å²) in [5, 5.41) is 0. The zero-order valence-corrected chi connectivity index (χ0v) is 11.4. The van der Waals surface area contributed by atoms with Crippen LogP contribution < -0.4 is 9.64 Å². The van der Waals surface area contributed by atoms with Gasteiger partial charge in [-0.05, 0) is 32.9 Å². The molecule has 0 aliphatic carbocycles. The van der Waals surface area contributed by atoms with E-state index in [0.717, 1.165) is 18.0 Å². The van der Waals surface area contributed by atoms with Crippen molar-refractivity contribution in [1.29, 1.82) is 0 Å². The van der Waals surface area contributed by atoms with Crippen LogP contribution in [0.1, 0.15) is 33.6 Å². The summed E-state index contributed by atoms with van der Waals surface area (Å²) in [6.45, 7) is 7.65. The van der Waals surface area contributed by atoms with Gasteiger partial charge in [0.05, 0.1) is 12.3 Å². The van der Waals surface area contributed by atoms with Crippen molar-refractivity contribution < 1.29 is 9.53 Å². The lowest BCUT2D eigenvalue weighted by Crippen LogP contribution is -2.50. The van der Waals surface area contributed by atoms with Gasteiger partial charge >= 0.3 is 0 Å². The quantitative estimate of drug-likeness (QED) is 0.822. The van der Waals surface area contributed by atoms with Crippen LogP contribution in [0.2, 0.25) is 0 Å². The summed E-state index contributed by atoms with van der Waals surface area (Å²) in [5.74, 6) is 1.26. The van der Waals surface area contributed by atoms with Crippen molar-refractivity contribution in [2.45, 2.75) is 39.2 Å². The monoisotopic (exact) mass is 247 g/mol. The Labute approximate surface area is 109 Å². The molecule has 0 atom stereocenters. The molecule has 0 saturated carbocycles. The molecule has 1 aliphatic rings. The summed E-state index contributed by atoms with van der Waals surface area (Å²) in [6, 6.07) is 8.06. The van der Waals surface area contributed by atoms with Crippen molar-refractivity contribution in [1.82, 2.24) is 0 Å². The number of hydrogen-bond acceptors (Lipinski definition) is 3. The molecule has 2 rings (SSSR count). The minimum atomic E-state index is -0.136. The lowest BCUT2D eigenvalue weighted by atomic mass is 9.89. The van der Waals surface area contributed by atoms with Crippen LogP contribution in [0.25, 0.3) is 0 Å². The van der Waals surface area contributed by atoms with Crippen molar-refractivity contribution in [3.63, 3.8) is 0 Å². The third-order valence-electron chi connectivity index (χ3n) is 3.43. The van der Waals surface area contributed by atoms with Crippen LogP contribution in [-0.4, -0.2) is 24.5 Å². The van der Waals surface area contributed by atoms with Crippen molar-refractivity contribution in [3.8, 4) is 5.75 Å². The highest BCUT2D eigenvalue weighted by molar-refractivity contribution is 5.83. The van der Waals surface area contributed by atoms with Gasteiger partial charge in [0.25, 0.3) is 0 Å². The van der Waals surface area contributed by atoms with E-state index in [1.807, 2.05) is 25.1 Å². The molecule has 0 N–H and O–H groups in total. The van der Waals surface area contributed by atoms with E-state index in [9.17, 15) is 4.79 Å². The number of Topliss-reactive ketones (excluding diaryl/α,β-unsaturated/α-hetero) is 1. The van der Waals surface area contributed by atoms with Gasteiger partial charge in [-0.3, -0.25) is 4.79 Å². The number of hydrogen-bond donors (Lipinski definition) is 0. The van der Waals surface area contributed by atoms with Gasteiger partial charge in [0.1, 0.15) is 11.5 Å². The molecule has 0 aromatic heterocycles. The first-order chi connectivity index (χ1) is 8.54. The Morgan fingerprint density at radius 3 is 2.72 bits per heavy atom. The highest BCUT2D eigenvalue weighted by Gasteiger charge is 2.35. The molecular formula is C15H21NO2. The first-order valence-corrected chi connectivity index (χ1v) is 6.56. The Morgan fingerprint density at radius 1 is 1.33 bits per heavy atom. The standard InChI is InChI=1S/C15H21NO2/c1-4-18-14-8-6-5-7-13(14)16-10-9-12(17)11-15(16,2)3/h5-8H,4,9-11H2,1-3H3. The normalized spacial score (nSPS) is 18.8. The van der Waals surface area contributed by atoms with Crippen molar-refractivity contribution in [2.24, 2.45) is 0 Å². The zero-order chi connectivity index (χ0) is 13.2. The van der Waals surface area contributed by atoms with Crippen LogP contribution in [0.3, 0.4) is 0 Å². The zero-order valence-electron chi connectivity index (χ0n) is 11.4. The predicted molar refractivity (Wildman–Crippen MR) is 73.3 cm³/mol. The van der Waals surface area contributed by atoms with E-state index in [4.69, 9.17) is 4.74 Å². The molecule has 98 valence electrons. The smallest absolute Gasteiger partial charge is 0.142 e. The highest BCUT2D eigenvalue weighted by atomic mass is 16.5. The molecule has 1 aliphatic heterocycles. The summed E-state index contributed by atoms with van der Waals surface area (Å²) >= 11 is 0. The van der Waals surface area contributed by atoms with Crippen LogP contribution in [-0.2, 0) is 4.79 Å². The van der Waals surface area contributed by atoms with Crippen molar-refractivity contribution >= 4 is 11.5 Å². The predicted octanol–water partition coefficient (Wildman–Crippen LogP) is 3.03. The molecule has 1 saturated heterocycles. The number of benzene rings is 1. The van der Waals surface area contributed by atoms with Gasteiger partial charge in [0, 0.05) is 24.9 Å². The molecule has 0 bridgehead atoms. The molecule has 0 amide bonds. The van der Waals surface area contributed by atoms with Crippen LogP contribution in [0.15, 0.2) is 24.3 Å². The third kappa shape index (κ3) is 2.50. The number of anilines is 1. The second-order valence-corrected chi connectivity index (χ2v) is 5.33. The maximum Gasteiger partial charge on any atom is 0.142 e. The van der Waals surface area contributed by atoms with Gasteiger partial charge in [0.15, 0.2) is 0 Å². The van der Waals surface area contributed by atoms with Gasteiger partial charge in [-0.1, -0.05) is 12.1 Å². The summed E-state index contributed by atoms with van der Waals surface area (Å²) in [4.78, 5) is 13.9. The number of nitrogens with zero attached hydrogens (tertiary/aromatic N) is 1. The lowest BCUT2D eigenvalue weighted by molar-refractivity contribution is -0.121. The molecule has 1 aromatic carbocycles. The fourth-order valence-electron chi connectivity index (χ4n) is 2.61. The number of carbonyl (C=O) groups excluding carboxylic acids is 1. The largest absolute Gasteiger partial charge is 0.492 e. The van der Waals surface area contributed by atoms with Crippen LogP contribution in [0.5, 0.6) is 5.75 Å². The fourth-order valence-corrected chi connectivity index (χ4v) is 2.61. The maximum absolute atomic E-state index is 11.6. The third-order valence-corrected chi connectivity index (χ3v) is 3.43. The Morgan fingerprint density at radius 2 is 2.06 bits per heavy atom. The number of ketones is 1. The lowest BCUT2D eigenvalue weighted by Gasteiger charge is -2.44. The Balaban J connectivity index is 2.33. The van der Waals surface area contributed by atoms with E-state index in [0.29, 0.717) is 25.2 Å². The van der Waals surface area contributed by atoms with E-state index in [1.165, 1.54) is 0 Å². The molecule has 3 heteroatoms. The average molecular weight is 247 g/mol. The van der Waals surface area contributed by atoms with Gasteiger partial charge in [-0.15, -0.1) is 0 Å². The second kappa shape index (κ2) is 5.01. The van der Waals surface area contributed by atoms with E-state index in [1.54, 1.807) is 0 Å². The van der Waals surface area contributed by atoms with Crippen molar-refractivity contribution in [2.75, 3.05) is 18.1 Å². The van der Waals surface area contributed by atoms with E-state index < -0.39 is 0 Å². The fraction of sp³-hybridized carbons (Fsp3) is 0.533.